The van der Waals surface area contributed by atoms with Crippen molar-refractivity contribution in [1.82, 2.24) is 9.88 Å². The minimum atomic E-state index is -0.597. The first-order chi connectivity index (χ1) is 12.5. The van der Waals surface area contributed by atoms with Gasteiger partial charge in [-0.05, 0) is 30.3 Å². The Labute approximate surface area is 161 Å². The predicted molar refractivity (Wildman–Crippen MR) is 99.8 cm³/mol. The average molecular weight is 394 g/mol. The maximum atomic E-state index is 12.3. The van der Waals surface area contributed by atoms with E-state index in [2.05, 4.69) is 9.88 Å². The Bertz CT molecular complexity index is 808. The van der Waals surface area contributed by atoms with Crippen LogP contribution < -0.4 is 4.90 Å². The van der Waals surface area contributed by atoms with E-state index >= 15 is 0 Å². The number of esters is 1. The third-order valence-corrected chi connectivity index (χ3v) is 4.54. The maximum Gasteiger partial charge on any atom is 0.338 e. The number of halogens is 2. The van der Waals surface area contributed by atoms with Crippen molar-refractivity contribution >= 4 is 40.8 Å². The molecule has 1 aliphatic heterocycles. The summed E-state index contributed by atoms with van der Waals surface area (Å²) in [6.07, 6.45) is 1.41. The number of pyridine rings is 1. The molecule has 2 heterocycles. The summed E-state index contributed by atoms with van der Waals surface area (Å²) < 4.78 is 5.08. The summed E-state index contributed by atoms with van der Waals surface area (Å²) in [6, 6.07) is 10.5. The number of carbonyl (C=O) groups is 2. The highest BCUT2D eigenvalue weighted by atomic mass is 35.5. The first-order valence-electron chi connectivity index (χ1n) is 8.10. The van der Waals surface area contributed by atoms with Gasteiger partial charge in [-0.15, -0.1) is 0 Å². The number of benzene rings is 1. The van der Waals surface area contributed by atoms with Crippen LogP contribution in [0.1, 0.15) is 10.4 Å². The van der Waals surface area contributed by atoms with Crippen LogP contribution in [0.4, 0.5) is 5.69 Å². The van der Waals surface area contributed by atoms with Gasteiger partial charge in [-0.1, -0.05) is 29.3 Å². The topological polar surface area (TPSA) is 62.7 Å². The Morgan fingerprint density at radius 3 is 2.54 bits per heavy atom. The van der Waals surface area contributed by atoms with Crippen LogP contribution in [-0.2, 0) is 9.53 Å². The molecule has 0 bridgehead atoms. The molecule has 0 N–H and O–H groups in total. The van der Waals surface area contributed by atoms with E-state index in [0.29, 0.717) is 31.2 Å². The van der Waals surface area contributed by atoms with Gasteiger partial charge in [0.25, 0.3) is 5.91 Å². The Morgan fingerprint density at radius 2 is 1.85 bits per heavy atom. The largest absolute Gasteiger partial charge is 0.452 e. The molecule has 2 aromatic rings. The molecule has 8 heteroatoms. The Hall–Kier alpha value is -2.31. The Morgan fingerprint density at radius 1 is 1.08 bits per heavy atom. The number of hydrogen-bond acceptors (Lipinski definition) is 5. The van der Waals surface area contributed by atoms with Gasteiger partial charge < -0.3 is 14.5 Å². The molecule has 0 aliphatic carbocycles. The molecule has 3 rings (SSSR count). The van der Waals surface area contributed by atoms with Gasteiger partial charge in [-0.25, -0.2) is 9.78 Å². The number of hydrogen-bond donors (Lipinski definition) is 0. The van der Waals surface area contributed by atoms with Crippen molar-refractivity contribution in [1.29, 1.82) is 0 Å². The van der Waals surface area contributed by atoms with E-state index < -0.39 is 5.97 Å². The van der Waals surface area contributed by atoms with Gasteiger partial charge in [0, 0.05) is 43.1 Å². The second kappa shape index (κ2) is 8.38. The van der Waals surface area contributed by atoms with Crippen LogP contribution in [0.5, 0.6) is 0 Å². The lowest BCUT2D eigenvalue weighted by Crippen LogP contribution is -2.49. The highest BCUT2D eigenvalue weighted by Crippen LogP contribution is 2.20. The van der Waals surface area contributed by atoms with Gasteiger partial charge >= 0.3 is 5.97 Å². The summed E-state index contributed by atoms with van der Waals surface area (Å²) in [7, 11) is 0. The SMILES string of the molecule is O=C(OCC(=O)N1CCN(c2cccc(Cl)c2)CC1)c1ccnc(Cl)c1. The van der Waals surface area contributed by atoms with Crippen molar-refractivity contribution in [3.63, 3.8) is 0 Å². The highest BCUT2D eigenvalue weighted by molar-refractivity contribution is 6.30. The van der Waals surface area contributed by atoms with Crippen LogP contribution in [0, 0.1) is 0 Å². The fourth-order valence-electron chi connectivity index (χ4n) is 2.72. The van der Waals surface area contributed by atoms with Crippen molar-refractivity contribution in [3.8, 4) is 0 Å². The van der Waals surface area contributed by atoms with Gasteiger partial charge in [0.1, 0.15) is 5.15 Å². The molecule has 0 spiro atoms. The van der Waals surface area contributed by atoms with E-state index in [9.17, 15) is 9.59 Å². The number of aromatic nitrogens is 1. The summed E-state index contributed by atoms with van der Waals surface area (Å²) in [5, 5.41) is 0.882. The molecule has 1 fully saturated rings. The van der Waals surface area contributed by atoms with Gasteiger partial charge in [0.2, 0.25) is 0 Å². The van der Waals surface area contributed by atoms with Crippen molar-refractivity contribution in [2.24, 2.45) is 0 Å². The van der Waals surface area contributed by atoms with E-state index in [1.807, 2.05) is 24.3 Å². The lowest BCUT2D eigenvalue weighted by molar-refractivity contribution is -0.134. The summed E-state index contributed by atoms with van der Waals surface area (Å²) in [5.41, 5.74) is 1.30. The number of anilines is 1. The number of nitrogens with zero attached hydrogens (tertiary/aromatic N) is 3. The molecule has 1 aromatic carbocycles. The monoisotopic (exact) mass is 393 g/mol. The van der Waals surface area contributed by atoms with Gasteiger partial charge in [-0.2, -0.15) is 0 Å². The van der Waals surface area contributed by atoms with Gasteiger partial charge in [0.15, 0.2) is 6.61 Å². The van der Waals surface area contributed by atoms with Crippen LogP contribution in [0.25, 0.3) is 0 Å². The van der Waals surface area contributed by atoms with E-state index in [4.69, 9.17) is 27.9 Å². The van der Waals surface area contributed by atoms with Crippen molar-refractivity contribution in [3.05, 3.63) is 58.3 Å². The van der Waals surface area contributed by atoms with Crippen molar-refractivity contribution < 1.29 is 14.3 Å². The number of carbonyl (C=O) groups excluding carboxylic acids is 2. The molecule has 0 radical (unpaired) electrons. The lowest BCUT2D eigenvalue weighted by Gasteiger charge is -2.36. The molecule has 1 aliphatic rings. The summed E-state index contributed by atoms with van der Waals surface area (Å²) in [4.78, 5) is 31.9. The zero-order valence-corrected chi connectivity index (χ0v) is 15.4. The first-order valence-corrected chi connectivity index (χ1v) is 8.85. The standard InChI is InChI=1S/C18H17Cl2N3O3/c19-14-2-1-3-15(11-14)22-6-8-23(9-7-22)17(24)12-26-18(25)13-4-5-21-16(20)10-13/h1-5,10-11H,6-9,12H2. The van der Waals surface area contributed by atoms with Crippen molar-refractivity contribution in [2.75, 3.05) is 37.7 Å². The second-order valence-electron chi connectivity index (χ2n) is 5.79. The average Bonchev–Trinajstić information content (AvgIpc) is 2.66. The fourth-order valence-corrected chi connectivity index (χ4v) is 3.08. The quantitative estimate of drug-likeness (QED) is 0.590. The summed E-state index contributed by atoms with van der Waals surface area (Å²) in [6.45, 7) is 2.21. The van der Waals surface area contributed by atoms with Crippen LogP contribution in [0.2, 0.25) is 10.2 Å². The van der Waals surface area contributed by atoms with Crippen LogP contribution in [0.3, 0.4) is 0 Å². The van der Waals surface area contributed by atoms with E-state index in [1.165, 1.54) is 18.3 Å². The molecule has 6 nitrogen and oxygen atoms in total. The first kappa shape index (κ1) is 18.5. The Kier molecular flexibility index (Phi) is 5.96. The van der Waals surface area contributed by atoms with Crippen molar-refractivity contribution in [2.45, 2.75) is 0 Å². The maximum absolute atomic E-state index is 12.3. The molecule has 0 saturated carbocycles. The number of rotatable bonds is 4. The third-order valence-electron chi connectivity index (χ3n) is 4.09. The normalized spacial score (nSPS) is 14.2. The van der Waals surface area contributed by atoms with E-state index in [-0.39, 0.29) is 23.2 Å². The highest BCUT2D eigenvalue weighted by Gasteiger charge is 2.22. The molecule has 0 atom stereocenters. The van der Waals surface area contributed by atoms with E-state index in [1.54, 1.807) is 4.90 Å². The van der Waals surface area contributed by atoms with E-state index in [0.717, 1.165) is 5.69 Å². The number of amides is 1. The summed E-state index contributed by atoms with van der Waals surface area (Å²) in [5.74, 6) is -0.815. The molecule has 136 valence electrons. The molecule has 1 aromatic heterocycles. The minimum absolute atomic E-state index is 0.197. The van der Waals surface area contributed by atoms with Crippen LogP contribution >= 0.6 is 23.2 Å². The zero-order valence-electron chi connectivity index (χ0n) is 13.9. The lowest BCUT2D eigenvalue weighted by atomic mass is 10.2. The molecule has 1 saturated heterocycles. The molecular weight excluding hydrogens is 377 g/mol. The summed E-state index contributed by atoms with van der Waals surface area (Å²) >= 11 is 11.8. The number of piperazine rings is 1. The molecular formula is C18H17Cl2N3O3. The van der Waals surface area contributed by atoms with Gasteiger partial charge in [0.05, 0.1) is 5.56 Å². The molecule has 0 unspecified atom stereocenters. The van der Waals surface area contributed by atoms with Crippen LogP contribution in [-0.4, -0.2) is 54.5 Å². The zero-order chi connectivity index (χ0) is 18.5. The predicted octanol–water partition coefficient (Wildman–Crippen LogP) is 2.89. The third kappa shape index (κ3) is 4.65. The van der Waals surface area contributed by atoms with Gasteiger partial charge in [-0.3, -0.25) is 4.79 Å². The number of ether oxygens (including phenoxy) is 1. The second-order valence-corrected chi connectivity index (χ2v) is 6.61. The smallest absolute Gasteiger partial charge is 0.338 e. The minimum Gasteiger partial charge on any atom is -0.452 e. The Balaban J connectivity index is 1.48. The molecule has 26 heavy (non-hydrogen) atoms. The van der Waals surface area contributed by atoms with Crippen LogP contribution in [0.15, 0.2) is 42.6 Å². The molecule has 1 amide bonds. The fraction of sp³-hybridized carbons (Fsp3) is 0.278.